The first-order valence-electron chi connectivity index (χ1n) is 3.18. The minimum absolute atomic E-state index is 0.279. The molecule has 1 aromatic heterocycles. The van der Waals surface area contributed by atoms with Gasteiger partial charge < -0.3 is 0 Å². The van der Waals surface area contributed by atoms with Crippen LogP contribution in [-0.2, 0) is 11.4 Å². The van der Waals surface area contributed by atoms with Gasteiger partial charge in [-0.05, 0) is 15.9 Å². The van der Waals surface area contributed by atoms with Crippen LogP contribution >= 0.6 is 73.9 Å². The van der Waals surface area contributed by atoms with Crippen molar-refractivity contribution in [3.8, 4) is 0 Å². The average molecular weight is 362 g/mol. The van der Waals surface area contributed by atoms with E-state index >= 15 is 0 Å². The lowest BCUT2D eigenvalue weighted by atomic mass is 10.3. The molecule has 0 aliphatic heterocycles. The van der Waals surface area contributed by atoms with Crippen molar-refractivity contribution in [1.82, 2.24) is 15.0 Å². The van der Waals surface area contributed by atoms with Gasteiger partial charge in [0.15, 0.2) is 4.60 Å². The number of hydrogen-bond acceptors (Lipinski definition) is 2. The van der Waals surface area contributed by atoms with Crippen LogP contribution in [0.3, 0.4) is 0 Å². The zero-order chi connectivity index (χ0) is 11.1. The van der Waals surface area contributed by atoms with Crippen LogP contribution in [-0.4, -0.2) is 18.8 Å². The van der Waals surface area contributed by atoms with Gasteiger partial charge in [0.25, 0.3) is 0 Å². The van der Waals surface area contributed by atoms with Crippen molar-refractivity contribution in [2.24, 2.45) is 7.05 Å². The standard InChI is InChI=1S/C5H3BrCl5N3/c1-14-2(3(6)12-13-14)4(7,8)5(9,10)11/h1H3. The lowest BCUT2D eigenvalue weighted by molar-refractivity contribution is 0.651. The Bertz CT molecular complexity index is 324. The van der Waals surface area contributed by atoms with E-state index in [9.17, 15) is 0 Å². The molecule has 0 aliphatic carbocycles. The fraction of sp³-hybridized carbons (Fsp3) is 0.600. The van der Waals surface area contributed by atoms with Gasteiger partial charge in [0.05, 0.1) is 0 Å². The molecule has 9 heteroatoms. The SMILES string of the molecule is Cn1nnc(Br)c1C(Cl)(Cl)C(Cl)(Cl)Cl. The summed E-state index contributed by atoms with van der Waals surface area (Å²) in [5, 5.41) is 7.35. The summed E-state index contributed by atoms with van der Waals surface area (Å²) in [5.74, 6) is 0. The first kappa shape index (κ1) is 13.1. The number of aryl methyl sites for hydroxylation is 1. The summed E-state index contributed by atoms with van der Waals surface area (Å²) in [6.45, 7) is 0. The monoisotopic (exact) mass is 359 g/mol. The van der Waals surface area contributed by atoms with Crippen LogP contribution in [0.1, 0.15) is 5.69 Å². The maximum Gasteiger partial charge on any atom is 0.228 e. The number of rotatable bonds is 1. The molecule has 0 amide bonds. The zero-order valence-electron chi connectivity index (χ0n) is 6.61. The van der Waals surface area contributed by atoms with E-state index in [-0.39, 0.29) is 5.69 Å². The molecule has 0 fully saturated rings. The molecule has 0 saturated heterocycles. The predicted molar refractivity (Wildman–Crippen MR) is 62.4 cm³/mol. The maximum atomic E-state index is 5.93. The topological polar surface area (TPSA) is 30.7 Å². The van der Waals surface area contributed by atoms with E-state index in [1.165, 1.54) is 4.68 Å². The van der Waals surface area contributed by atoms with Crippen molar-refractivity contribution in [2.45, 2.75) is 8.13 Å². The molecule has 1 rings (SSSR count). The number of aromatic nitrogens is 3. The Labute approximate surface area is 114 Å². The Hall–Kier alpha value is 1.07. The summed E-state index contributed by atoms with van der Waals surface area (Å²) in [5.41, 5.74) is 0.279. The minimum atomic E-state index is -1.88. The van der Waals surface area contributed by atoms with Crippen LogP contribution in [0, 0.1) is 0 Å². The molecular weight excluding hydrogens is 359 g/mol. The molecule has 3 nitrogen and oxygen atoms in total. The van der Waals surface area contributed by atoms with Gasteiger partial charge in [-0.25, -0.2) is 4.68 Å². The highest BCUT2D eigenvalue weighted by Crippen LogP contribution is 2.53. The number of hydrogen-bond donors (Lipinski definition) is 0. The van der Waals surface area contributed by atoms with Gasteiger partial charge in [0, 0.05) is 7.05 Å². The van der Waals surface area contributed by atoms with Crippen LogP contribution < -0.4 is 0 Å². The normalized spacial score (nSPS) is 13.4. The van der Waals surface area contributed by atoms with Gasteiger partial charge in [-0.2, -0.15) is 0 Å². The third-order valence-electron chi connectivity index (χ3n) is 1.44. The summed E-state index contributed by atoms with van der Waals surface area (Å²) < 4.78 is -1.95. The quantitative estimate of drug-likeness (QED) is 0.715. The highest BCUT2D eigenvalue weighted by molar-refractivity contribution is 9.10. The third kappa shape index (κ3) is 2.25. The van der Waals surface area contributed by atoms with Gasteiger partial charge in [-0.1, -0.05) is 63.2 Å². The molecule has 0 aromatic carbocycles. The Morgan fingerprint density at radius 1 is 1.21 bits per heavy atom. The first-order valence-corrected chi connectivity index (χ1v) is 5.86. The molecule has 1 aromatic rings. The molecule has 0 saturated carbocycles. The van der Waals surface area contributed by atoms with Crippen molar-refractivity contribution in [1.29, 1.82) is 0 Å². The van der Waals surface area contributed by atoms with E-state index < -0.39 is 8.13 Å². The lowest BCUT2D eigenvalue weighted by Crippen LogP contribution is -2.31. The summed E-state index contributed by atoms with van der Waals surface area (Å²) in [6, 6.07) is 0. The molecular formula is C5H3BrCl5N3. The zero-order valence-corrected chi connectivity index (χ0v) is 12.0. The van der Waals surface area contributed by atoms with Gasteiger partial charge in [-0.3, -0.25) is 0 Å². The number of nitrogens with zero attached hydrogens (tertiary/aromatic N) is 3. The summed E-state index contributed by atoms with van der Waals surface area (Å²) in [4.78, 5) is 0. The smallest absolute Gasteiger partial charge is 0.228 e. The Balaban J connectivity index is 3.29. The van der Waals surface area contributed by atoms with Crippen molar-refractivity contribution in [3.63, 3.8) is 0 Å². The van der Waals surface area contributed by atoms with Crippen LogP contribution in [0.2, 0.25) is 0 Å². The molecule has 0 bridgehead atoms. The molecule has 0 spiro atoms. The van der Waals surface area contributed by atoms with Gasteiger partial charge in [0.1, 0.15) is 5.69 Å². The molecule has 0 aliphatic rings. The number of alkyl halides is 5. The largest absolute Gasteiger partial charge is 0.248 e. The van der Waals surface area contributed by atoms with Crippen LogP contribution in [0.15, 0.2) is 4.60 Å². The van der Waals surface area contributed by atoms with Crippen LogP contribution in [0.4, 0.5) is 0 Å². The summed E-state index contributed by atoms with van der Waals surface area (Å²) >= 11 is 31.9. The average Bonchev–Trinajstić information content (AvgIpc) is 2.28. The van der Waals surface area contributed by atoms with Gasteiger partial charge in [0.2, 0.25) is 8.13 Å². The maximum absolute atomic E-state index is 5.93. The van der Waals surface area contributed by atoms with E-state index in [1.807, 2.05) is 0 Å². The van der Waals surface area contributed by atoms with E-state index in [0.29, 0.717) is 4.60 Å². The lowest BCUT2D eigenvalue weighted by Gasteiger charge is -2.26. The van der Waals surface area contributed by atoms with Crippen molar-refractivity contribution >= 4 is 73.9 Å². The van der Waals surface area contributed by atoms with Crippen molar-refractivity contribution in [3.05, 3.63) is 10.3 Å². The van der Waals surface area contributed by atoms with Crippen molar-refractivity contribution < 1.29 is 0 Å². The predicted octanol–water partition coefficient (Wildman–Crippen LogP) is 3.58. The fourth-order valence-electron chi connectivity index (χ4n) is 0.799. The second kappa shape index (κ2) is 4.15. The highest BCUT2D eigenvalue weighted by atomic mass is 79.9. The fourth-order valence-corrected chi connectivity index (χ4v) is 2.34. The van der Waals surface area contributed by atoms with E-state index in [1.54, 1.807) is 7.05 Å². The van der Waals surface area contributed by atoms with Gasteiger partial charge in [-0.15, -0.1) is 5.10 Å². The second-order valence-electron chi connectivity index (χ2n) is 2.42. The summed E-state index contributed by atoms with van der Waals surface area (Å²) in [7, 11) is 1.59. The van der Waals surface area contributed by atoms with E-state index in [4.69, 9.17) is 58.0 Å². The molecule has 80 valence electrons. The molecule has 0 N–H and O–H groups in total. The summed E-state index contributed by atoms with van der Waals surface area (Å²) in [6.07, 6.45) is 0. The Kier molecular flexibility index (Phi) is 3.89. The first-order chi connectivity index (χ1) is 6.18. The Morgan fingerprint density at radius 2 is 1.71 bits per heavy atom. The second-order valence-corrected chi connectivity index (χ2v) is 6.78. The molecule has 14 heavy (non-hydrogen) atoms. The number of halogens is 6. The van der Waals surface area contributed by atoms with Crippen LogP contribution in [0.25, 0.3) is 0 Å². The van der Waals surface area contributed by atoms with E-state index in [0.717, 1.165) is 0 Å². The molecule has 0 radical (unpaired) electrons. The molecule has 1 heterocycles. The minimum Gasteiger partial charge on any atom is -0.248 e. The molecule has 0 unspecified atom stereocenters. The van der Waals surface area contributed by atoms with E-state index in [2.05, 4.69) is 26.2 Å². The van der Waals surface area contributed by atoms with Crippen LogP contribution in [0.5, 0.6) is 0 Å². The van der Waals surface area contributed by atoms with Gasteiger partial charge >= 0.3 is 0 Å². The Morgan fingerprint density at radius 3 is 2.00 bits per heavy atom. The molecule has 0 atom stereocenters. The highest BCUT2D eigenvalue weighted by Gasteiger charge is 2.51. The third-order valence-corrected chi connectivity index (χ3v) is 4.33. The van der Waals surface area contributed by atoms with Crippen molar-refractivity contribution in [2.75, 3.05) is 0 Å².